The number of carbonyl (C=O) groups excluding carboxylic acids is 1. The average Bonchev–Trinajstić information content (AvgIpc) is 2.41. The van der Waals surface area contributed by atoms with Gasteiger partial charge in [0.2, 0.25) is 0 Å². The number of nitrogens with one attached hydrogen (secondary N) is 1. The van der Waals surface area contributed by atoms with Gasteiger partial charge in [-0.1, -0.05) is 29.8 Å². The summed E-state index contributed by atoms with van der Waals surface area (Å²) in [5, 5.41) is 2.90. The Bertz CT molecular complexity index is 571. The predicted octanol–water partition coefficient (Wildman–Crippen LogP) is 3.31. The molecule has 0 radical (unpaired) electrons. The summed E-state index contributed by atoms with van der Waals surface area (Å²) in [6, 6.07) is 15.5. The van der Waals surface area contributed by atoms with Crippen LogP contribution in [0.15, 0.2) is 48.5 Å². The van der Waals surface area contributed by atoms with E-state index in [0.29, 0.717) is 5.56 Å². The lowest BCUT2D eigenvalue weighted by Crippen LogP contribution is -2.13. The van der Waals surface area contributed by atoms with Gasteiger partial charge in [0.05, 0.1) is 0 Å². The van der Waals surface area contributed by atoms with Gasteiger partial charge in [-0.15, -0.1) is 0 Å². The van der Waals surface area contributed by atoms with Gasteiger partial charge in [0.1, 0.15) is 0 Å². The molecule has 104 valence electrons. The molecule has 0 aliphatic rings. The number of rotatable bonds is 4. The summed E-state index contributed by atoms with van der Waals surface area (Å²) in [6.45, 7) is 2.90. The van der Waals surface area contributed by atoms with Crippen LogP contribution in [0.4, 0.5) is 5.69 Å². The molecule has 0 fully saturated rings. The van der Waals surface area contributed by atoms with Crippen molar-refractivity contribution >= 4 is 11.6 Å². The summed E-state index contributed by atoms with van der Waals surface area (Å²) < 4.78 is 0. The number of hydrogen-bond donors (Lipinski definition) is 1. The molecular formula is C17H20N2O. The van der Waals surface area contributed by atoms with Gasteiger partial charge in [-0.3, -0.25) is 4.79 Å². The minimum atomic E-state index is -0.0785. The average molecular weight is 268 g/mol. The summed E-state index contributed by atoms with van der Waals surface area (Å²) in [5.41, 5.74) is 3.86. The number of aryl methyl sites for hydroxylation is 1. The van der Waals surface area contributed by atoms with Crippen molar-refractivity contribution in [3.05, 3.63) is 65.2 Å². The first-order valence-corrected chi connectivity index (χ1v) is 6.66. The quantitative estimate of drug-likeness (QED) is 0.922. The van der Waals surface area contributed by atoms with Crippen molar-refractivity contribution in [1.82, 2.24) is 4.90 Å². The Kier molecular flexibility index (Phi) is 4.53. The number of hydrogen-bond acceptors (Lipinski definition) is 2. The zero-order chi connectivity index (χ0) is 14.5. The van der Waals surface area contributed by atoms with Gasteiger partial charge in [-0.05, 0) is 50.8 Å². The van der Waals surface area contributed by atoms with E-state index >= 15 is 0 Å². The van der Waals surface area contributed by atoms with E-state index in [0.717, 1.165) is 12.2 Å². The van der Waals surface area contributed by atoms with Crippen molar-refractivity contribution in [3.8, 4) is 0 Å². The van der Waals surface area contributed by atoms with Crippen molar-refractivity contribution < 1.29 is 4.79 Å². The molecule has 0 saturated carbocycles. The van der Waals surface area contributed by atoms with Crippen molar-refractivity contribution in [2.24, 2.45) is 0 Å². The standard InChI is InChI=1S/C17H20N2O/c1-13-4-10-16(11-5-13)18-17(20)15-8-6-14(7-9-15)12-19(2)3/h4-11H,12H2,1-3H3,(H,18,20). The Labute approximate surface area is 120 Å². The normalized spacial score (nSPS) is 10.6. The van der Waals surface area contributed by atoms with Crippen molar-refractivity contribution in [2.75, 3.05) is 19.4 Å². The highest BCUT2D eigenvalue weighted by atomic mass is 16.1. The SMILES string of the molecule is Cc1ccc(NC(=O)c2ccc(CN(C)C)cc2)cc1. The lowest BCUT2D eigenvalue weighted by molar-refractivity contribution is 0.102. The molecule has 0 aromatic heterocycles. The third-order valence-electron chi connectivity index (χ3n) is 3.02. The highest BCUT2D eigenvalue weighted by molar-refractivity contribution is 6.04. The fourth-order valence-corrected chi connectivity index (χ4v) is 1.97. The molecule has 3 heteroatoms. The second-order valence-electron chi connectivity index (χ2n) is 5.25. The molecule has 0 aliphatic heterocycles. The van der Waals surface area contributed by atoms with E-state index in [2.05, 4.69) is 10.2 Å². The first-order valence-electron chi connectivity index (χ1n) is 6.66. The lowest BCUT2D eigenvalue weighted by Gasteiger charge is -2.10. The summed E-state index contributed by atoms with van der Waals surface area (Å²) in [6.07, 6.45) is 0. The van der Waals surface area contributed by atoms with Crippen LogP contribution in [0.25, 0.3) is 0 Å². The predicted molar refractivity (Wildman–Crippen MR) is 83.0 cm³/mol. The smallest absolute Gasteiger partial charge is 0.255 e. The van der Waals surface area contributed by atoms with E-state index in [1.54, 1.807) is 0 Å². The number of nitrogens with zero attached hydrogens (tertiary/aromatic N) is 1. The molecule has 0 bridgehead atoms. The first-order chi connectivity index (χ1) is 9.54. The maximum Gasteiger partial charge on any atom is 0.255 e. The van der Waals surface area contributed by atoms with Crippen molar-refractivity contribution in [1.29, 1.82) is 0 Å². The maximum atomic E-state index is 12.1. The Hall–Kier alpha value is -2.13. The van der Waals surface area contributed by atoms with E-state index in [1.165, 1.54) is 11.1 Å². The Morgan fingerprint density at radius 2 is 1.60 bits per heavy atom. The van der Waals surface area contributed by atoms with E-state index in [1.807, 2.05) is 69.6 Å². The molecule has 0 spiro atoms. The number of amides is 1. The number of anilines is 1. The van der Waals surface area contributed by atoms with Crippen molar-refractivity contribution in [3.63, 3.8) is 0 Å². The van der Waals surface area contributed by atoms with Crippen LogP contribution < -0.4 is 5.32 Å². The first kappa shape index (κ1) is 14.3. The van der Waals surface area contributed by atoms with Crippen LogP contribution in [0, 0.1) is 6.92 Å². The van der Waals surface area contributed by atoms with Crippen LogP contribution >= 0.6 is 0 Å². The minimum absolute atomic E-state index is 0.0785. The van der Waals surface area contributed by atoms with E-state index < -0.39 is 0 Å². The zero-order valence-corrected chi connectivity index (χ0v) is 12.2. The van der Waals surface area contributed by atoms with Gasteiger partial charge in [0.25, 0.3) is 5.91 Å². The molecule has 0 saturated heterocycles. The van der Waals surface area contributed by atoms with E-state index in [4.69, 9.17) is 0 Å². The third-order valence-corrected chi connectivity index (χ3v) is 3.02. The fraction of sp³-hybridized carbons (Fsp3) is 0.235. The monoisotopic (exact) mass is 268 g/mol. The molecule has 2 rings (SSSR count). The molecule has 0 unspecified atom stereocenters. The molecule has 1 N–H and O–H groups in total. The molecule has 2 aromatic carbocycles. The highest BCUT2D eigenvalue weighted by Crippen LogP contribution is 2.12. The van der Waals surface area contributed by atoms with E-state index in [-0.39, 0.29) is 5.91 Å². The second-order valence-corrected chi connectivity index (χ2v) is 5.25. The molecule has 0 atom stereocenters. The van der Waals surface area contributed by atoms with E-state index in [9.17, 15) is 4.79 Å². The largest absolute Gasteiger partial charge is 0.322 e. The zero-order valence-electron chi connectivity index (χ0n) is 12.2. The highest BCUT2D eigenvalue weighted by Gasteiger charge is 2.06. The number of carbonyl (C=O) groups is 1. The van der Waals surface area contributed by atoms with Gasteiger partial charge in [0.15, 0.2) is 0 Å². The van der Waals surface area contributed by atoms with Crippen LogP contribution in [0.5, 0.6) is 0 Å². The van der Waals surface area contributed by atoms with Gasteiger partial charge in [0, 0.05) is 17.8 Å². The van der Waals surface area contributed by atoms with Crippen LogP contribution in [0.1, 0.15) is 21.5 Å². The van der Waals surface area contributed by atoms with Crippen LogP contribution in [-0.2, 0) is 6.54 Å². The van der Waals surface area contributed by atoms with Gasteiger partial charge >= 0.3 is 0 Å². The number of benzene rings is 2. The summed E-state index contributed by atoms with van der Waals surface area (Å²) in [7, 11) is 4.05. The van der Waals surface area contributed by atoms with Gasteiger partial charge < -0.3 is 10.2 Å². The lowest BCUT2D eigenvalue weighted by atomic mass is 10.1. The fourth-order valence-electron chi connectivity index (χ4n) is 1.97. The second kappa shape index (κ2) is 6.35. The van der Waals surface area contributed by atoms with Crippen LogP contribution in [0.2, 0.25) is 0 Å². The van der Waals surface area contributed by atoms with Crippen LogP contribution in [0.3, 0.4) is 0 Å². The Morgan fingerprint density at radius 1 is 1.00 bits per heavy atom. The van der Waals surface area contributed by atoms with Crippen LogP contribution in [-0.4, -0.2) is 24.9 Å². The molecule has 1 amide bonds. The van der Waals surface area contributed by atoms with Gasteiger partial charge in [-0.2, -0.15) is 0 Å². The molecule has 20 heavy (non-hydrogen) atoms. The molecule has 2 aromatic rings. The summed E-state index contributed by atoms with van der Waals surface area (Å²) in [4.78, 5) is 14.2. The van der Waals surface area contributed by atoms with Gasteiger partial charge in [-0.25, -0.2) is 0 Å². The minimum Gasteiger partial charge on any atom is -0.322 e. The topological polar surface area (TPSA) is 32.3 Å². The molecule has 3 nitrogen and oxygen atoms in total. The molecular weight excluding hydrogens is 248 g/mol. The Morgan fingerprint density at radius 3 is 2.15 bits per heavy atom. The van der Waals surface area contributed by atoms with Crippen molar-refractivity contribution in [2.45, 2.75) is 13.5 Å². The molecule has 0 aliphatic carbocycles. The molecule has 0 heterocycles. The third kappa shape index (κ3) is 3.93. The Balaban J connectivity index is 2.03. The summed E-state index contributed by atoms with van der Waals surface area (Å²) >= 11 is 0. The maximum absolute atomic E-state index is 12.1. The summed E-state index contributed by atoms with van der Waals surface area (Å²) in [5.74, 6) is -0.0785.